The lowest BCUT2D eigenvalue weighted by molar-refractivity contribution is -0.122. The van der Waals surface area contributed by atoms with E-state index in [1.165, 1.54) is 6.92 Å². The highest BCUT2D eigenvalue weighted by atomic mass is 16.2. The molecule has 2 aromatic rings. The Balaban J connectivity index is 1.71. The first-order valence-corrected chi connectivity index (χ1v) is 8.90. The maximum absolute atomic E-state index is 12.7. The van der Waals surface area contributed by atoms with Crippen LogP contribution in [0.25, 0.3) is 0 Å². The Kier molecular flexibility index (Phi) is 5.26. The molecule has 0 aromatic heterocycles. The fraction of sp³-hybridized carbons (Fsp3) is 0.286. The summed E-state index contributed by atoms with van der Waals surface area (Å²) >= 11 is 0. The van der Waals surface area contributed by atoms with Crippen molar-refractivity contribution in [1.82, 2.24) is 0 Å². The molecule has 3 amide bonds. The largest absolute Gasteiger partial charge is 0.326 e. The number of nitrogens with zero attached hydrogens (tertiary/aromatic N) is 1. The van der Waals surface area contributed by atoms with Crippen LogP contribution in [0.5, 0.6) is 0 Å². The second-order valence-corrected chi connectivity index (χ2v) is 6.89. The third-order valence-electron chi connectivity index (χ3n) is 4.74. The molecule has 0 radical (unpaired) electrons. The van der Waals surface area contributed by atoms with Gasteiger partial charge in [-0.2, -0.15) is 0 Å². The highest BCUT2D eigenvalue weighted by Gasteiger charge is 2.35. The van der Waals surface area contributed by atoms with Gasteiger partial charge in [-0.1, -0.05) is 23.8 Å². The SMILES string of the molecule is CC(=O)Nc1cccc(NC(=O)C2CC(=O)N(c3ccc(C)cc3)C2)c1C. The fourth-order valence-electron chi connectivity index (χ4n) is 3.19. The number of anilines is 3. The van der Waals surface area contributed by atoms with E-state index in [0.29, 0.717) is 17.9 Å². The Labute approximate surface area is 158 Å². The van der Waals surface area contributed by atoms with Crippen LogP contribution < -0.4 is 15.5 Å². The monoisotopic (exact) mass is 365 g/mol. The predicted octanol–water partition coefficient (Wildman–Crippen LogP) is 3.25. The van der Waals surface area contributed by atoms with Gasteiger partial charge in [0.15, 0.2) is 0 Å². The van der Waals surface area contributed by atoms with Crippen LogP contribution in [0.3, 0.4) is 0 Å². The molecule has 6 nitrogen and oxygen atoms in total. The number of aryl methyl sites for hydroxylation is 1. The zero-order chi connectivity index (χ0) is 19.6. The van der Waals surface area contributed by atoms with E-state index in [4.69, 9.17) is 0 Å². The number of amides is 3. The molecule has 1 heterocycles. The van der Waals surface area contributed by atoms with Gasteiger partial charge < -0.3 is 15.5 Å². The quantitative estimate of drug-likeness (QED) is 0.873. The van der Waals surface area contributed by atoms with Crippen molar-refractivity contribution in [3.8, 4) is 0 Å². The molecule has 0 spiro atoms. The lowest BCUT2D eigenvalue weighted by Gasteiger charge is -2.17. The van der Waals surface area contributed by atoms with Crippen LogP contribution in [0.4, 0.5) is 17.1 Å². The fourth-order valence-corrected chi connectivity index (χ4v) is 3.19. The van der Waals surface area contributed by atoms with Crippen LogP contribution in [0.15, 0.2) is 42.5 Å². The van der Waals surface area contributed by atoms with E-state index in [1.807, 2.05) is 38.1 Å². The predicted molar refractivity (Wildman–Crippen MR) is 106 cm³/mol. The molecular formula is C21H23N3O3. The van der Waals surface area contributed by atoms with Gasteiger partial charge in [0.25, 0.3) is 0 Å². The summed E-state index contributed by atoms with van der Waals surface area (Å²) in [6.07, 6.45) is 0.185. The van der Waals surface area contributed by atoms with Gasteiger partial charge in [-0.05, 0) is 43.7 Å². The highest BCUT2D eigenvalue weighted by Crippen LogP contribution is 2.28. The van der Waals surface area contributed by atoms with Crippen molar-refractivity contribution >= 4 is 34.8 Å². The molecule has 3 rings (SSSR count). The molecule has 1 aliphatic heterocycles. The lowest BCUT2D eigenvalue weighted by Crippen LogP contribution is -2.28. The summed E-state index contributed by atoms with van der Waals surface area (Å²) in [5.74, 6) is -0.830. The van der Waals surface area contributed by atoms with Gasteiger partial charge in [0.2, 0.25) is 17.7 Å². The highest BCUT2D eigenvalue weighted by molar-refractivity contribution is 6.04. The third kappa shape index (κ3) is 4.16. The number of benzene rings is 2. The van der Waals surface area contributed by atoms with Crippen LogP contribution in [-0.2, 0) is 14.4 Å². The first-order valence-electron chi connectivity index (χ1n) is 8.90. The van der Waals surface area contributed by atoms with Gasteiger partial charge in [-0.25, -0.2) is 0 Å². The molecule has 1 aliphatic rings. The van der Waals surface area contributed by atoms with Crippen LogP contribution in [0, 0.1) is 19.8 Å². The van der Waals surface area contributed by atoms with E-state index in [0.717, 1.165) is 16.8 Å². The molecule has 0 bridgehead atoms. The summed E-state index contributed by atoms with van der Waals surface area (Å²) in [6.45, 7) is 5.62. The van der Waals surface area contributed by atoms with Gasteiger partial charge in [0.05, 0.1) is 5.92 Å². The summed E-state index contributed by atoms with van der Waals surface area (Å²) in [6, 6.07) is 13.0. The smallest absolute Gasteiger partial charge is 0.229 e. The van der Waals surface area contributed by atoms with Crippen molar-refractivity contribution in [2.45, 2.75) is 27.2 Å². The molecule has 0 aliphatic carbocycles. The van der Waals surface area contributed by atoms with E-state index >= 15 is 0 Å². The van der Waals surface area contributed by atoms with Crippen molar-refractivity contribution < 1.29 is 14.4 Å². The van der Waals surface area contributed by atoms with Gasteiger partial charge in [-0.15, -0.1) is 0 Å². The minimum atomic E-state index is -0.414. The zero-order valence-electron chi connectivity index (χ0n) is 15.7. The Morgan fingerprint density at radius 3 is 2.26 bits per heavy atom. The maximum atomic E-state index is 12.7. The van der Waals surface area contributed by atoms with Gasteiger partial charge in [0, 0.05) is 37.0 Å². The van der Waals surface area contributed by atoms with E-state index in [9.17, 15) is 14.4 Å². The molecule has 2 N–H and O–H groups in total. The number of carbonyl (C=O) groups is 3. The van der Waals surface area contributed by atoms with Gasteiger partial charge >= 0.3 is 0 Å². The van der Waals surface area contributed by atoms with E-state index in [1.54, 1.807) is 23.1 Å². The number of hydrogen-bond acceptors (Lipinski definition) is 3. The molecule has 2 aromatic carbocycles. The first-order chi connectivity index (χ1) is 12.8. The van der Waals surface area contributed by atoms with Crippen LogP contribution >= 0.6 is 0 Å². The number of nitrogens with one attached hydrogen (secondary N) is 2. The Morgan fingerprint density at radius 2 is 1.63 bits per heavy atom. The summed E-state index contributed by atoms with van der Waals surface area (Å²) < 4.78 is 0. The van der Waals surface area contributed by atoms with E-state index in [2.05, 4.69) is 10.6 Å². The summed E-state index contributed by atoms with van der Waals surface area (Å²) in [4.78, 5) is 38.0. The molecule has 1 fully saturated rings. The van der Waals surface area contributed by atoms with Crippen molar-refractivity contribution in [1.29, 1.82) is 0 Å². The Morgan fingerprint density at radius 1 is 1.00 bits per heavy atom. The molecule has 1 unspecified atom stereocenters. The normalized spacial score (nSPS) is 16.3. The molecule has 140 valence electrons. The third-order valence-corrected chi connectivity index (χ3v) is 4.74. The van der Waals surface area contributed by atoms with Crippen LogP contribution in [-0.4, -0.2) is 24.3 Å². The summed E-state index contributed by atoms with van der Waals surface area (Å²) in [5, 5.41) is 5.64. The summed E-state index contributed by atoms with van der Waals surface area (Å²) in [5.41, 5.74) is 4.00. The van der Waals surface area contributed by atoms with Crippen molar-refractivity contribution in [3.63, 3.8) is 0 Å². The van der Waals surface area contributed by atoms with Crippen molar-refractivity contribution in [2.24, 2.45) is 5.92 Å². The first kappa shape index (κ1) is 18.6. The molecule has 1 saturated heterocycles. The number of carbonyl (C=O) groups excluding carboxylic acids is 3. The van der Waals surface area contributed by atoms with E-state index < -0.39 is 5.92 Å². The minimum Gasteiger partial charge on any atom is -0.326 e. The Hall–Kier alpha value is -3.15. The standard InChI is InChI=1S/C21H23N3O3/c1-13-7-9-17(10-8-13)24-12-16(11-20(24)26)21(27)23-19-6-4-5-18(14(19)2)22-15(3)25/h4-10,16H,11-12H2,1-3H3,(H,22,25)(H,23,27). The number of hydrogen-bond donors (Lipinski definition) is 2. The van der Waals surface area contributed by atoms with Gasteiger partial charge in [0.1, 0.15) is 0 Å². The van der Waals surface area contributed by atoms with E-state index in [-0.39, 0.29) is 24.1 Å². The molecule has 27 heavy (non-hydrogen) atoms. The second kappa shape index (κ2) is 7.61. The van der Waals surface area contributed by atoms with Crippen molar-refractivity contribution in [2.75, 3.05) is 22.1 Å². The molecular weight excluding hydrogens is 342 g/mol. The minimum absolute atomic E-state index is 0.0530. The summed E-state index contributed by atoms with van der Waals surface area (Å²) in [7, 11) is 0. The van der Waals surface area contributed by atoms with Crippen LogP contribution in [0.1, 0.15) is 24.5 Å². The average molecular weight is 365 g/mol. The second-order valence-electron chi connectivity index (χ2n) is 6.89. The van der Waals surface area contributed by atoms with Crippen molar-refractivity contribution in [3.05, 3.63) is 53.6 Å². The van der Waals surface area contributed by atoms with Gasteiger partial charge in [-0.3, -0.25) is 14.4 Å². The van der Waals surface area contributed by atoms with Crippen LogP contribution in [0.2, 0.25) is 0 Å². The molecule has 6 heteroatoms. The average Bonchev–Trinajstić information content (AvgIpc) is 3.01. The molecule has 0 saturated carbocycles. The molecule has 1 atom stereocenters. The lowest BCUT2D eigenvalue weighted by atomic mass is 10.1. The number of rotatable bonds is 4. The topological polar surface area (TPSA) is 78.5 Å². The Bertz CT molecular complexity index is 890. The maximum Gasteiger partial charge on any atom is 0.229 e. The zero-order valence-corrected chi connectivity index (χ0v) is 15.7.